The zero-order valence-electron chi connectivity index (χ0n) is 15.2. The van der Waals surface area contributed by atoms with Crippen LogP contribution in [0.5, 0.6) is 0 Å². The molecule has 1 aliphatic rings. The molecule has 0 bridgehead atoms. The number of nitrogens with zero attached hydrogens (tertiary/aromatic N) is 2. The van der Waals surface area contributed by atoms with Crippen LogP contribution >= 0.6 is 0 Å². The van der Waals surface area contributed by atoms with E-state index in [4.69, 9.17) is 9.84 Å². The van der Waals surface area contributed by atoms with Gasteiger partial charge in [-0.15, -0.1) is 0 Å². The molecule has 6 heteroatoms. The van der Waals surface area contributed by atoms with Crippen LogP contribution in [0.4, 0.5) is 0 Å². The molecule has 1 saturated heterocycles. The van der Waals surface area contributed by atoms with Crippen molar-refractivity contribution < 1.29 is 19.4 Å². The molecule has 1 atom stereocenters. The number of aromatic nitrogens is 1. The highest BCUT2D eigenvalue weighted by molar-refractivity contribution is 5.98. The number of aliphatic carboxylic acids is 1. The van der Waals surface area contributed by atoms with Crippen LogP contribution in [0.25, 0.3) is 10.9 Å². The fraction of sp³-hybridized carbons (Fsp3) is 0.450. The Labute approximate surface area is 152 Å². The van der Waals surface area contributed by atoms with Gasteiger partial charge in [0.2, 0.25) is 0 Å². The molecule has 1 aromatic carbocycles. The standard InChI is InChI=1S/C20H24N2O4/c1-13-5-6-15-11-17(14(2)21-18(15)10-13)20(25)22(8-7-19(23)24)12-16-4-3-9-26-16/h5-6,10-11,16H,3-4,7-9,12H2,1-2H3,(H,23,24)/t16-/m1/s1. The first-order valence-corrected chi connectivity index (χ1v) is 8.94. The second kappa shape index (κ2) is 7.83. The summed E-state index contributed by atoms with van der Waals surface area (Å²) in [6.07, 6.45) is 1.76. The van der Waals surface area contributed by atoms with Gasteiger partial charge in [0.1, 0.15) is 0 Å². The fourth-order valence-corrected chi connectivity index (χ4v) is 3.30. The molecule has 0 spiro atoms. The van der Waals surface area contributed by atoms with Gasteiger partial charge in [-0.25, -0.2) is 0 Å². The molecule has 1 fully saturated rings. The van der Waals surface area contributed by atoms with E-state index in [0.29, 0.717) is 24.4 Å². The Kier molecular flexibility index (Phi) is 5.52. The number of hydrogen-bond donors (Lipinski definition) is 1. The van der Waals surface area contributed by atoms with E-state index < -0.39 is 5.97 Å². The van der Waals surface area contributed by atoms with Crippen LogP contribution in [0.2, 0.25) is 0 Å². The Morgan fingerprint density at radius 3 is 2.81 bits per heavy atom. The lowest BCUT2D eigenvalue weighted by molar-refractivity contribution is -0.137. The van der Waals surface area contributed by atoms with Gasteiger partial charge in [0.15, 0.2) is 0 Å². The lowest BCUT2D eigenvalue weighted by Crippen LogP contribution is -2.39. The summed E-state index contributed by atoms with van der Waals surface area (Å²) in [6.45, 7) is 5.10. The monoisotopic (exact) mass is 356 g/mol. The number of pyridine rings is 1. The van der Waals surface area contributed by atoms with Crippen LogP contribution in [0.1, 0.15) is 40.9 Å². The Morgan fingerprint density at radius 2 is 2.12 bits per heavy atom. The zero-order valence-corrected chi connectivity index (χ0v) is 15.2. The van der Waals surface area contributed by atoms with Crippen molar-refractivity contribution in [2.24, 2.45) is 0 Å². The van der Waals surface area contributed by atoms with Gasteiger partial charge in [-0.3, -0.25) is 14.6 Å². The predicted octanol–water partition coefficient (Wildman–Crippen LogP) is 2.95. The maximum Gasteiger partial charge on any atom is 0.305 e. The van der Waals surface area contributed by atoms with E-state index in [2.05, 4.69) is 4.98 Å². The topological polar surface area (TPSA) is 79.7 Å². The minimum atomic E-state index is -0.918. The van der Waals surface area contributed by atoms with Gasteiger partial charge in [-0.05, 0) is 44.4 Å². The van der Waals surface area contributed by atoms with Crippen molar-refractivity contribution in [3.05, 3.63) is 41.1 Å². The van der Waals surface area contributed by atoms with Crippen LogP contribution in [0.15, 0.2) is 24.3 Å². The molecular formula is C20H24N2O4. The first-order chi connectivity index (χ1) is 12.4. The Morgan fingerprint density at radius 1 is 1.31 bits per heavy atom. The molecular weight excluding hydrogens is 332 g/mol. The van der Waals surface area contributed by atoms with Crippen molar-refractivity contribution in [2.75, 3.05) is 19.7 Å². The van der Waals surface area contributed by atoms with Crippen molar-refractivity contribution >= 4 is 22.8 Å². The predicted molar refractivity (Wildman–Crippen MR) is 98.3 cm³/mol. The normalized spacial score (nSPS) is 16.8. The zero-order chi connectivity index (χ0) is 18.7. The maximum atomic E-state index is 13.1. The molecule has 2 heterocycles. The highest BCUT2D eigenvalue weighted by Gasteiger charge is 2.25. The minimum Gasteiger partial charge on any atom is -0.481 e. The molecule has 1 aromatic heterocycles. The molecule has 26 heavy (non-hydrogen) atoms. The molecule has 1 N–H and O–H groups in total. The van der Waals surface area contributed by atoms with E-state index in [-0.39, 0.29) is 25.0 Å². The molecule has 1 amide bonds. The van der Waals surface area contributed by atoms with Crippen LogP contribution in [0.3, 0.4) is 0 Å². The third-order valence-corrected chi connectivity index (χ3v) is 4.72. The number of fused-ring (bicyclic) bond motifs is 1. The highest BCUT2D eigenvalue weighted by atomic mass is 16.5. The number of benzene rings is 1. The Hall–Kier alpha value is -2.47. The quantitative estimate of drug-likeness (QED) is 0.861. The van der Waals surface area contributed by atoms with Gasteiger partial charge in [0.05, 0.1) is 29.3 Å². The van der Waals surface area contributed by atoms with E-state index in [1.807, 2.05) is 38.1 Å². The van der Waals surface area contributed by atoms with Crippen LogP contribution in [-0.4, -0.2) is 52.7 Å². The number of ether oxygens (including phenoxy) is 1. The second-order valence-corrected chi connectivity index (χ2v) is 6.85. The van der Waals surface area contributed by atoms with Gasteiger partial charge in [0, 0.05) is 25.1 Å². The molecule has 0 aliphatic carbocycles. The van der Waals surface area contributed by atoms with E-state index in [1.54, 1.807) is 4.90 Å². The number of carbonyl (C=O) groups is 2. The molecule has 0 radical (unpaired) electrons. The number of hydrogen-bond acceptors (Lipinski definition) is 4. The smallest absolute Gasteiger partial charge is 0.305 e. The SMILES string of the molecule is Cc1ccc2cc(C(=O)N(CCC(=O)O)C[C@H]3CCCO3)c(C)nc2c1. The second-order valence-electron chi connectivity index (χ2n) is 6.85. The summed E-state index contributed by atoms with van der Waals surface area (Å²) < 4.78 is 5.63. The van der Waals surface area contributed by atoms with Crippen molar-refractivity contribution in [1.29, 1.82) is 0 Å². The van der Waals surface area contributed by atoms with Gasteiger partial charge < -0.3 is 14.7 Å². The van der Waals surface area contributed by atoms with Crippen LogP contribution in [-0.2, 0) is 9.53 Å². The number of carboxylic acids is 1. The molecule has 138 valence electrons. The minimum absolute atomic E-state index is 0.0240. The van der Waals surface area contributed by atoms with E-state index in [1.165, 1.54) is 0 Å². The molecule has 3 rings (SSSR count). The Bertz CT molecular complexity index is 828. The average Bonchev–Trinajstić information content (AvgIpc) is 3.10. The summed E-state index contributed by atoms with van der Waals surface area (Å²) in [5.41, 5.74) is 3.14. The summed E-state index contributed by atoms with van der Waals surface area (Å²) in [5, 5.41) is 9.92. The van der Waals surface area contributed by atoms with Crippen molar-refractivity contribution in [3.8, 4) is 0 Å². The van der Waals surface area contributed by atoms with Gasteiger partial charge in [-0.2, -0.15) is 0 Å². The first-order valence-electron chi connectivity index (χ1n) is 8.94. The first kappa shape index (κ1) is 18.3. The summed E-state index contributed by atoms with van der Waals surface area (Å²) in [4.78, 5) is 30.3. The van der Waals surface area contributed by atoms with Crippen LogP contribution < -0.4 is 0 Å². The van der Waals surface area contributed by atoms with Crippen molar-refractivity contribution in [3.63, 3.8) is 0 Å². The van der Waals surface area contributed by atoms with E-state index in [0.717, 1.165) is 29.3 Å². The van der Waals surface area contributed by atoms with Crippen molar-refractivity contribution in [1.82, 2.24) is 9.88 Å². The van der Waals surface area contributed by atoms with Gasteiger partial charge >= 0.3 is 5.97 Å². The number of aryl methyl sites for hydroxylation is 2. The number of carbonyl (C=O) groups excluding carboxylic acids is 1. The molecule has 1 aliphatic heterocycles. The van der Waals surface area contributed by atoms with Crippen molar-refractivity contribution in [2.45, 2.75) is 39.2 Å². The van der Waals surface area contributed by atoms with E-state index >= 15 is 0 Å². The molecule has 6 nitrogen and oxygen atoms in total. The molecule has 2 aromatic rings. The Balaban J connectivity index is 1.88. The lowest BCUT2D eigenvalue weighted by Gasteiger charge is -2.25. The summed E-state index contributed by atoms with van der Waals surface area (Å²) in [6, 6.07) is 7.78. The third-order valence-electron chi connectivity index (χ3n) is 4.72. The average molecular weight is 356 g/mol. The number of amides is 1. The lowest BCUT2D eigenvalue weighted by atomic mass is 10.1. The summed E-state index contributed by atoms with van der Waals surface area (Å²) >= 11 is 0. The fourth-order valence-electron chi connectivity index (χ4n) is 3.30. The highest BCUT2D eigenvalue weighted by Crippen LogP contribution is 2.21. The largest absolute Gasteiger partial charge is 0.481 e. The number of rotatable bonds is 6. The molecule has 0 unspecified atom stereocenters. The van der Waals surface area contributed by atoms with Gasteiger partial charge in [-0.1, -0.05) is 12.1 Å². The van der Waals surface area contributed by atoms with Gasteiger partial charge in [0.25, 0.3) is 5.91 Å². The third kappa shape index (κ3) is 4.19. The molecule has 0 saturated carbocycles. The van der Waals surface area contributed by atoms with Crippen LogP contribution in [0, 0.1) is 13.8 Å². The summed E-state index contributed by atoms with van der Waals surface area (Å²) in [5.74, 6) is -1.10. The summed E-state index contributed by atoms with van der Waals surface area (Å²) in [7, 11) is 0. The number of carboxylic acid groups (broad SMARTS) is 1. The van der Waals surface area contributed by atoms with E-state index in [9.17, 15) is 9.59 Å². The maximum absolute atomic E-state index is 13.1.